The van der Waals surface area contributed by atoms with Crippen molar-refractivity contribution in [1.82, 2.24) is 0 Å². The van der Waals surface area contributed by atoms with Gasteiger partial charge in [-0.2, -0.15) is 5.26 Å². The highest BCUT2D eigenvalue weighted by Gasteiger charge is 2.32. The van der Waals surface area contributed by atoms with Gasteiger partial charge in [-0.05, 0) is 66.0 Å². The Morgan fingerprint density at radius 1 is 1.33 bits per heavy atom. The molecule has 2 aromatic rings. The number of thiophene rings is 1. The number of benzene rings is 1. The molecule has 1 aliphatic carbocycles. The Bertz CT molecular complexity index is 879. The van der Waals surface area contributed by atoms with E-state index in [0.717, 1.165) is 41.1 Å². The van der Waals surface area contributed by atoms with Crippen LogP contribution in [0, 0.1) is 22.7 Å². The highest BCUT2D eigenvalue weighted by molar-refractivity contribution is 7.16. The highest BCUT2D eigenvalue weighted by Crippen LogP contribution is 2.44. The maximum atomic E-state index is 9.66. The molecule has 0 fully saturated rings. The highest BCUT2D eigenvalue weighted by atomic mass is 32.1. The van der Waals surface area contributed by atoms with Crippen LogP contribution < -0.4 is 4.74 Å². The second-order valence-electron chi connectivity index (χ2n) is 8.03. The van der Waals surface area contributed by atoms with Gasteiger partial charge in [-0.1, -0.05) is 33.4 Å². The minimum Gasteiger partial charge on any atom is -0.490 e. The van der Waals surface area contributed by atoms with Crippen molar-refractivity contribution < 1.29 is 4.74 Å². The summed E-state index contributed by atoms with van der Waals surface area (Å²) >= 11 is 1.68. The van der Waals surface area contributed by atoms with Crippen LogP contribution in [-0.4, -0.2) is 12.8 Å². The van der Waals surface area contributed by atoms with E-state index < -0.39 is 0 Å². The van der Waals surface area contributed by atoms with Crippen LogP contribution in [0.25, 0.3) is 0 Å². The summed E-state index contributed by atoms with van der Waals surface area (Å²) in [4.78, 5) is 5.99. The van der Waals surface area contributed by atoms with Crippen molar-refractivity contribution in [3.8, 4) is 11.8 Å². The van der Waals surface area contributed by atoms with Crippen LogP contribution in [0.15, 0.2) is 41.9 Å². The van der Waals surface area contributed by atoms with Crippen LogP contribution in [0.1, 0.15) is 48.8 Å². The van der Waals surface area contributed by atoms with Gasteiger partial charge in [0.15, 0.2) is 0 Å². The first-order chi connectivity index (χ1) is 12.9. The van der Waals surface area contributed by atoms with Crippen LogP contribution in [0.4, 0.5) is 5.00 Å². The van der Waals surface area contributed by atoms with Gasteiger partial charge >= 0.3 is 0 Å². The molecule has 1 heterocycles. The van der Waals surface area contributed by atoms with Crippen molar-refractivity contribution in [1.29, 1.82) is 5.26 Å². The van der Waals surface area contributed by atoms with Gasteiger partial charge in [0.05, 0.1) is 5.56 Å². The number of aliphatic imine (C=N–C) groups is 1. The van der Waals surface area contributed by atoms with E-state index >= 15 is 0 Å². The van der Waals surface area contributed by atoms with E-state index in [1.807, 2.05) is 30.5 Å². The lowest BCUT2D eigenvalue weighted by atomic mass is 9.72. The van der Waals surface area contributed by atoms with Gasteiger partial charge in [-0.25, -0.2) is 4.99 Å². The summed E-state index contributed by atoms with van der Waals surface area (Å²) < 4.78 is 5.50. The van der Waals surface area contributed by atoms with Gasteiger partial charge in [-0.3, -0.25) is 0 Å². The monoisotopic (exact) mass is 378 g/mol. The van der Waals surface area contributed by atoms with Crippen molar-refractivity contribution in [2.75, 3.05) is 6.61 Å². The fraction of sp³-hybridized carbons (Fsp3) is 0.391. The second-order valence-corrected chi connectivity index (χ2v) is 9.11. The lowest BCUT2D eigenvalue weighted by molar-refractivity contribution is 0.218. The number of hydrogen-bond donors (Lipinski definition) is 0. The van der Waals surface area contributed by atoms with Crippen molar-refractivity contribution in [2.24, 2.45) is 16.3 Å². The fourth-order valence-corrected chi connectivity index (χ4v) is 4.68. The lowest BCUT2D eigenvalue weighted by Crippen LogP contribution is -2.26. The third-order valence-corrected chi connectivity index (χ3v) is 6.32. The molecule has 3 nitrogen and oxygen atoms in total. The van der Waals surface area contributed by atoms with Crippen molar-refractivity contribution in [3.05, 3.63) is 58.5 Å². The van der Waals surface area contributed by atoms with Crippen LogP contribution in [0.2, 0.25) is 0 Å². The summed E-state index contributed by atoms with van der Waals surface area (Å²) in [6.07, 6.45) is 6.75. The maximum absolute atomic E-state index is 9.66. The molecule has 1 atom stereocenters. The Balaban J connectivity index is 1.80. The molecular weight excluding hydrogens is 352 g/mol. The smallest absolute Gasteiger partial charge is 0.134 e. The summed E-state index contributed by atoms with van der Waals surface area (Å²) in [5.41, 5.74) is 3.28. The largest absolute Gasteiger partial charge is 0.490 e. The van der Waals surface area contributed by atoms with E-state index in [9.17, 15) is 5.26 Å². The SMILES string of the molecule is C=CCOc1ccc(C=Nc2sc3c(c2C#N)CC[C@@H](C(C)(C)C)C3)cc1. The molecule has 0 saturated heterocycles. The zero-order valence-corrected chi connectivity index (χ0v) is 17.1. The molecule has 0 N–H and O–H groups in total. The molecule has 0 saturated carbocycles. The predicted molar refractivity (Wildman–Crippen MR) is 113 cm³/mol. The summed E-state index contributed by atoms with van der Waals surface area (Å²) in [7, 11) is 0. The number of hydrogen-bond acceptors (Lipinski definition) is 4. The van der Waals surface area contributed by atoms with Crippen LogP contribution in [-0.2, 0) is 12.8 Å². The zero-order valence-electron chi connectivity index (χ0n) is 16.3. The molecule has 0 amide bonds. The van der Waals surface area contributed by atoms with Crippen molar-refractivity contribution >= 4 is 22.6 Å². The normalized spacial score (nSPS) is 16.7. The first-order valence-electron chi connectivity index (χ1n) is 9.35. The van der Waals surface area contributed by atoms with Gasteiger partial charge in [0.25, 0.3) is 0 Å². The topological polar surface area (TPSA) is 45.4 Å². The third-order valence-electron chi connectivity index (χ3n) is 5.16. The first kappa shape index (κ1) is 19.4. The molecule has 1 aromatic carbocycles. The van der Waals surface area contributed by atoms with E-state index in [1.54, 1.807) is 17.4 Å². The molecule has 0 bridgehead atoms. The Labute approximate surface area is 166 Å². The molecule has 3 rings (SSSR count). The molecule has 1 aromatic heterocycles. The van der Waals surface area contributed by atoms with E-state index in [2.05, 4.69) is 38.4 Å². The first-order valence-corrected chi connectivity index (χ1v) is 10.2. The minimum atomic E-state index is 0.299. The summed E-state index contributed by atoms with van der Waals surface area (Å²) in [5, 5.41) is 10.5. The molecule has 4 heteroatoms. The average Bonchev–Trinajstić information content (AvgIpc) is 3.01. The van der Waals surface area contributed by atoms with Gasteiger partial charge in [0.1, 0.15) is 23.4 Å². The Morgan fingerprint density at radius 3 is 2.70 bits per heavy atom. The van der Waals surface area contributed by atoms with Crippen molar-refractivity contribution in [2.45, 2.75) is 40.0 Å². The molecular formula is C23H26N2OS. The standard InChI is InChI=1S/C23H26N2OS/c1-5-12-26-18-9-6-16(7-10-18)15-25-22-20(14-24)19-11-8-17(23(2,3)4)13-21(19)27-22/h5-7,9-10,15,17H,1,8,11-13H2,2-4H3/t17-/m1/s1. The Kier molecular flexibility index (Phi) is 5.82. The molecule has 140 valence electrons. The molecule has 0 unspecified atom stereocenters. The average molecular weight is 379 g/mol. The molecule has 1 aliphatic rings. The summed E-state index contributed by atoms with van der Waals surface area (Å²) in [6, 6.07) is 10.2. The number of fused-ring (bicyclic) bond motifs is 1. The quantitative estimate of drug-likeness (QED) is 0.467. The number of nitriles is 1. The van der Waals surface area contributed by atoms with Crippen LogP contribution >= 0.6 is 11.3 Å². The van der Waals surface area contributed by atoms with Gasteiger partial charge in [0, 0.05) is 11.1 Å². The third kappa shape index (κ3) is 4.48. The van der Waals surface area contributed by atoms with Crippen LogP contribution in [0.3, 0.4) is 0 Å². The Morgan fingerprint density at radius 2 is 2.07 bits per heavy atom. The molecule has 0 radical (unpaired) electrons. The van der Waals surface area contributed by atoms with Gasteiger partial charge in [0.2, 0.25) is 0 Å². The Hall–Kier alpha value is -2.38. The summed E-state index contributed by atoms with van der Waals surface area (Å²) in [5.74, 6) is 1.47. The van der Waals surface area contributed by atoms with E-state index in [1.165, 1.54) is 10.4 Å². The van der Waals surface area contributed by atoms with E-state index in [4.69, 9.17) is 4.74 Å². The van der Waals surface area contributed by atoms with E-state index in [-0.39, 0.29) is 0 Å². The maximum Gasteiger partial charge on any atom is 0.134 e. The number of ether oxygens (including phenoxy) is 1. The predicted octanol–water partition coefficient (Wildman–Crippen LogP) is 6.09. The molecule has 27 heavy (non-hydrogen) atoms. The molecule has 0 spiro atoms. The second kappa shape index (κ2) is 8.10. The number of nitrogens with zero attached hydrogens (tertiary/aromatic N) is 2. The van der Waals surface area contributed by atoms with E-state index in [0.29, 0.717) is 17.9 Å². The van der Waals surface area contributed by atoms with Gasteiger partial charge < -0.3 is 4.74 Å². The zero-order chi connectivity index (χ0) is 19.4. The van der Waals surface area contributed by atoms with Gasteiger partial charge in [-0.15, -0.1) is 11.3 Å². The fourth-order valence-electron chi connectivity index (χ4n) is 3.46. The van der Waals surface area contributed by atoms with Crippen LogP contribution in [0.5, 0.6) is 5.75 Å². The number of rotatable bonds is 5. The van der Waals surface area contributed by atoms with Crippen molar-refractivity contribution in [3.63, 3.8) is 0 Å². The lowest BCUT2D eigenvalue weighted by Gasteiger charge is -2.33. The molecule has 0 aliphatic heterocycles. The summed E-state index contributed by atoms with van der Waals surface area (Å²) in [6.45, 7) is 11.1. The minimum absolute atomic E-state index is 0.299.